The van der Waals surface area contributed by atoms with Gasteiger partial charge in [-0.3, -0.25) is 9.59 Å². The second kappa shape index (κ2) is 6.46. The van der Waals surface area contributed by atoms with E-state index in [0.29, 0.717) is 12.2 Å². The highest BCUT2D eigenvalue weighted by Gasteiger charge is 2.28. The summed E-state index contributed by atoms with van der Waals surface area (Å²) in [4.78, 5) is 26.1. The molecule has 2 atom stereocenters. The average Bonchev–Trinajstić information content (AvgIpc) is 2.53. The zero-order chi connectivity index (χ0) is 15.5. The first-order valence-electron chi connectivity index (χ1n) is 7.70. The SMILES string of the molecule is O=C(C[C@H]1NCCCC1O)CN1CNc2ccccc2C1=O. The maximum atomic E-state index is 12.4. The van der Waals surface area contributed by atoms with Gasteiger partial charge in [0.25, 0.3) is 5.91 Å². The summed E-state index contributed by atoms with van der Waals surface area (Å²) in [5.74, 6) is -0.159. The van der Waals surface area contributed by atoms with Crippen molar-refractivity contribution in [1.82, 2.24) is 10.2 Å². The number of ketones is 1. The smallest absolute Gasteiger partial charge is 0.257 e. The zero-order valence-corrected chi connectivity index (χ0v) is 12.4. The van der Waals surface area contributed by atoms with Crippen LogP contribution in [0.1, 0.15) is 29.6 Å². The lowest BCUT2D eigenvalue weighted by atomic mass is 9.96. The van der Waals surface area contributed by atoms with Crippen LogP contribution in [0, 0.1) is 0 Å². The number of rotatable bonds is 4. The maximum Gasteiger partial charge on any atom is 0.257 e. The van der Waals surface area contributed by atoms with Crippen LogP contribution < -0.4 is 10.6 Å². The van der Waals surface area contributed by atoms with Crippen LogP contribution in [0.5, 0.6) is 0 Å². The van der Waals surface area contributed by atoms with Crippen LogP contribution in [0.2, 0.25) is 0 Å². The van der Waals surface area contributed by atoms with Gasteiger partial charge in [-0.2, -0.15) is 0 Å². The highest BCUT2D eigenvalue weighted by atomic mass is 16.3. The summed E-state index contributed by atoms with van der Waals surface area (Å²) in [6.07, 6.45) is 1.43. The van der Waals surface area contributed by atoms with Crippen molar-refractivity contribution in [3.63, 3.8) is 0 Å². The topological polar surface area (TPSA) is 81.7 Å². The Bertz CT molecular complexity index is 576. The summed E-state index contributed by atoms with van der Waals surface area (Å²) < 4.78 is 0. The third-order valence-electron chi connectivity index (χ3n) is 4.27. The number of carbonyl (C=O) groups excluding carboxylic acids is 2. The molecule has 0 saturated carbocycles. The molecule has 1 amide bonds. The fourth-order valence-electron chi connectivity index (χ4n) is 3.04. The van der Waals surface area contributed by atoms with Crippen LogP contribution in [0.4, 0.5) is 5.69 Å². The van der Waals surface area contributed by atoms with Crippen LogP contribution >= 0.6 is 0 Å². The Balaban J connectivity index is 1.59. The molecule has 2 aliphatic rings. The predicted octanol–water partition coefficient (Wildman–Crippen LogP) is 0.584. The minimum absolute atomic E-state index is 0.0343. The van der Waals surface area contributed by atoms with Gasteiger partial charge in [0.15, 0.2) is 5.78 Å². The number of anilines is 1. The number of fused-ring (bicyclic) bond motifs is 1. The van der Waals surface area contributed by atoms with Crippen LogP contribution in [-0.2, 0) is 4.79 Å². The fourth-order valence-corrected chi connectivity index (χ4v) is 3.04. The lowest BCUT2D eigenvalue weighted by molar-refractivity contribution is -0.121. The molecule has 0 aliphatic carbocycles. The molecule has 0 spiro atoms. The van der Waals surface area contributed by atoms with E-state index in [1.165, 1.54) is 4.90 Å². The monoisotopic (exact) mass is 303 g/mol. The van der Waals surface area contributed by atoms with Crippen molar-refractivity contribution < 1.29 is 14.7 Å². The number of aliphatic hydroxyl groups is 1. The van der Waals surface area contributed by atoms with Gasteiger partial charge < -0.3 is 20.6 Å². The molecule has 0 aromatic heterocycles. The molecule has 1 fully saturated rings. The van der Waals surface area contributed by atoms with Crippen LogP contribution in [0.15, 0.2) is 24.3 Å². The highest BCUT2D eigenvalue weighted by molar-refractivity contribution is 6.02. The van der Waals surface area contributed by atoms with Gasteiger partial charge in [0.05, 0.1) is 24.9 Å². The Morgan fingerprint density at radius 2 is 2.18 bits per heavy atom. The number of aliphatic hydroxyl groups excluding tert-OH is 1. The Labute approximate surface area is 129 Å². The van der Waals surface area contributed by atoms with E-state index < -0.39 is 6.10 Å². The van der Waals surface area contributed by atoms with Crippen LogP contribution in [-0.4, -0.2) is 53.6 Å². The largest absolute Gasteiger partial charge is 0.391 e. The minimum Gasteiger partial charge on any atom is -0.391 e. The summed E-state index contributed by atoms with van der Waals surface area (Å²) in [5.41, 5.74) is 1.40. The van der Waals surface area contributed by atoms with Crippen molar-refractivity contribution in [2.75, 3.05) is 25.1 Å². The van der Waals surface area contributed by atoms with Crippen LogP contribution in [0.3, 0.4) is 0 Å². The Kier molecular flexibility index (Phi) is 4.40. The van der Waals surface area contributed by atoms with E-state index in [-0.39, 0.29) is 30.7 Å². The number of carbonyl (C=O) groups is 2. The lowest BCUT2D eigenvalue weighted by Gasteiger charge is -2.31. The Morgan fingerprint density at radius 1 is 1.36 bits per heavy atom. The first kappa shape index (κ1) is 15.0. The van der Waals surface area contributed by atoms with Crippen molar-refractivity contribution in [2.24, 2.45) is 0 Å². The Hall–Kier alpha value is -1.92. The van der Waals surface area contributed by atoms with Gasteiger partial charge in [-0.15, -0.1) is 0 Å². The van der Waals surface area contributed by atoms with E-state index >= 15 is 0 Å². The second-order valence-electron chi connectivity index (χ2n) is 5.90. The third kappa shape index (κ3) is 3.13. The Morgan fingerprint density at radius 3 is 3.00 bits per heavy atom. The molecule has 0 radical (unpaired) electrons. The van der Waals surface area contributed by atoms with Crippen molar-refractivity contribution in [1.29, 1.82) is 0 Å². The van der Waals surface area contributed by atoms with Gasteiger partial charge >= 0.3 is 0 Å². The van der Waals surface area contributed by atoms with Gasteiger partial charge in [0, 0.05) is 18.2 Å². The molecular weight excluding hydrogens is 282 g/mol. The molecule has 6 nitrogen and oxygen atoms in total. The number of Topliss-reactive ketones (excluding diaryl/α,β-unsaturated/α-hetero) is 1. The quantitative estimate of drug-likeness (QED) is 0.758. The molecule has 1 aromatic rings. The molecule has 22 heavy (non-hydrogen) atoms. The number of hydrogen-bond donors (Lipinski definition) is 3. The summed E-state index contributed by atoms with van der Waals surface area (Å²) >= 11 is 0. The molecular formula is C16H21N3O3. The van der Waals surface area contributed by atoms with E-state index in [2.05, 4.69) is 10.6 Å². The normalized spacial score (nSPS) is 24.6. The fraction of sp³-hybridized carbons (Fsp3) is 0.500. The van der Waals surface area contributed by atoms with Crippen LogP contribution in [0.25, 0.3) is 0 Å². The van der Waals surface area contributed by atoms with E-state index in [9.17, 15) is 14.7 Å². The number of piperidine rings is 1. The van der Waals surface area contributed by atoms with E-state index in [1.807, 2.05) is 18.2 Å². The first-order chi connectivity index (χ1) is 10.6. The molecule has 6 heteroatoms. The minimum atomic E-state index is -0.478. The molecule has 2 heterocycles. The molecule has 1 saturated heterocycles. The number of nitrogens with one attached hydrogen (secondary N) is 2. The molecule has 3 N–H and O–H groups in total. The number of para-hydroxylation sites is 1. The number of nitrogens with zero attached hydrogens (tertiary/aromatic N) is 1. The molecule has 0 bridgehead atoms. The van der Waals surface area contributed by atoms with Gasteiger partial charge in [-0.25, -0.2) is 0 Å². The third-order valence-corrected chi connectivity index (χ3v) is 4.27. The molecule has 1 unspecified atom stereocenters. The summed E-state index contributed by atoms with van der Waals surface area (Å²) in [5, 5.41) is 16.2. The second-order valence-corrected chi connectivity index (χ2v) is 5.90. The number of benzene rings is 1. The average molecular weight is 303 g/mol. The first-order valence-corrected chi connectivity index (χ1v) is 7.70. The standard InChI is InChI=1S/C16H21N3O3/c20-11(8-14-15(21)6-3-7-17-14)9-19-10-18-13-5-2-1-4-12(13)16(19)22/h1-2,4-5,14-15,17-18,21H,3,6-10H2/t14-,15?/m1/s1. The van der Waals surface area contributed by atoms with Crippen molar-refractivity contribution in [3.05, 3.63) is 29.8 Å². The van der Waals surface area contributed by atoms with Gasteiger partial charge in [-0.1, -0.05) is 12.1 Å². The summed E-state index contributed by atoms with van der Waals surface area (Å²) in [6.45, 7) is 1.24. The van der Waals surface area contributed by atoms with E-state index in [0.717, 1.165) is 25.1 Å². The van der Waals surface area contributed by atoms with Gasteiger partial charge in [0.1, 0.15) is 0 Å². The van der Waals surface area contributed by atoms with E-state index in [1.54, 1.807) is 6.07 Å². The zero-order valence-electron chi connectivity index (χ0n) is 12.4. The van der Waals surface area contributed by atoms with Crippen molar-refractivity contribution in [3.8, 4) is 0 Å². The summed E-state index contributed by atoms with van der Waals surface area (Å²) in [6, 6.07) is 7.10. The van der Waals surface area contributed by atoms with Crippen molar-refractivity contribution in [2.45, 2.75) is 31.4 Å². The molecule has 1 aromatic carbocycles. The van der Waals surface area contributed by atoms with E-state index in [4.69, 9.17) is 0 Å². The number of amides is 1. The summed E-state index contributed by atoms with van der Waals surface area (Å²) in [7, 11) is 0. The molecule has 118 valence electrons. The number of hydrogen-bond acceptors (Lipinski definition) is 5. The maximum absolute atomic E-state index is 12.4. The van der Waals surface area contributed by atoms with Gasteiger partial charge in [-0.05, 0) is 31.5 Å². The predicted molar refractivity (Wildman–Crippen MR) is 82.6 cm³/mol. The molecule has 3 rings (SSSR count). The lowest BCUT2D eigenvalue weighted by Crippen LogP contribution is -2.48. The van der Waals surface area contributed by atoms with Crippen molar-refractivity contribution >= 4 is 17.4 Å². The molecule has 2 aliphatic heterocycles. The van der Waals surface area contributed by atoms with Gasteiger partial charge in [0.2, 0.25) is 0 Å². The highest BCUT2D eigenvalue weighted by Crippen LogP contribution is 2.21.